The zero-order valence-electron chi connectivity index (χ0n) is 20.2. The van der Waals surface area contributed by atoms with Gasteiger partial charge in [-0.3, -0.25) is 9.05 Å². The lowest BCUT2D eigenvalue weighted by molar-refractivity contribution is -0.440. The molecule has 1 N–H and O–H groups in total. The number of rotatable bonds is 20. The fraction of sp³-hybridized carbons (Fsp3) is 1.00. The molecule has 0 aliphatic carbocycles. The molecule has 0 spiro atoms. The van der Waals surface area contributed by atoms with Gasteiger partial charge < -0.3 is 4.89 Å². The maximum Gasteiger partial charge on any atom is 0.472 e. The first-order chi connectivity index (χ1) is 17.0. The summed E-state index contributed by atoms with van der Waals surface area (Å²) in [5.74, 6) is -37.6. The number of alkyl halides is 13. The van der Waals surface area contributed by atoms with Crippen molar-refractivity contribution in [2.45, 2.75) is 113 Å². The van der Waals surface area contributed by atoms with E-state index in [4.69, 9.17) is 0 Å². The molecule has 0 aliphatic rings. The highest BCUT2D eigenvalue weighted by Gasteiger charge is 2.90. The van der Waals surface area contributed by atoms with Gasteiger partial charge in [0.1, 0.15) is 0 Å². The van der Waals surface area contributed by atoms with E-state index in [1.807, 2.05) is 0 Å². The minimum Gasteiger partial charge on any atom is -0.302 e. The second-order valence-electron chi connectivity index (χ2n) is 8.57. The lowest BCUT2D eigenvalue weighted by Crippen LogP contribution is -2.70. The van der Waals surface area contributed by atoms with Crippen LogP contribution in [0.5, 0.6) is 0 Å². The molecule has 230 valence electrons. The van der Waals surface area contributed by atoms with E-state index in [1.165, 1.54) is 0 Å². The first kappa shape index (κ1) is 37.2. The first-order valence-corrected chi connectivity index (χ1v) is 13.1. The summed E-state index contributed by atoms with van der Waals surface area (Å²) in [5.41, 5.74) is 0. The predicted molar refractivity (Wildman–Crippen MR) is 109 cm³/mol. The van der Waals surface area contributed by atoms with E-state index in [0.717, 1.165) is 51.4 Å². The van der Waals surface area contributed by atoms with Gasteiger partial charge in [0.15, 0.2) is 0 Å². The lowest BCUT2D eigenvalue weighted by atomic mass is 9.93. The molecule has 0 fully saturated rings. The lowest BCUT2D eigenvalue weighted by Gasteiger charge is -2.39. The Morgan fingerprint density at radius 1 is 0.553 bits per heavy atom. The third kappa shape index (κ3) is 9.39. The van der Waals surface area contributed by atoms with E-state index >= 15 is 0 Å². The van der Waals surface area contributed by atoms with Gasteiger partial charge in [0.2, 0.25) is 0 Å². The Labute approximate surface area is 210 Å². The third-order valence-electron chi connectivity index (χ3n) is 5.42. The van der Waals surface area contributed by atoms with Crippen molar-refractivity contribution in [1.82, 2.24) is 0 Å². The molecule has 0 bridgehead atoms. The molecular formula is C20H30F13O4P. The van der Waals surface area contributed by atoms with E-state index in [-0.39, 0.29) is 6.42 Å². The van der Waals surface area contributed by atoms with Crippen LogP contribution in [-0.4, -0.2) is 53.9 Å². The minimum absolute atomic E-state index is 0.187. The van der Waals surface area contributed by atoms with Crippen molar-refractivity contribution in [3.05, 3.63) is 0 Å². The Morgan fingerprint density at radius 2 is 0.921 bits per heavy atom. The average molecular weight is 612 g/mol. The molecule has 0 aromatic carbocycles. The molecule has 1 atom stereocenters. The van der Waals surface area contributed by atoms with Crippen molar-refractivity contribution >= 4 is 7.82 Å². The van der Waals surface area contributed by atoms with Crippen LogP contribution in [0.15, 0.2) is 0 Å². The average Bonchev–Trinajstić information content (AvgIpc) is 2.75. The van der Waals surface area contributed by atoms with Crippen molar-refractivity contribution in [2.75, 3.05) is 13.2 Å². The summed E-state index contributed by atoms with van der Waals surface area (Å²) in [6.07, 6.45) is -1.48. The van der Waals surface area contributed by atoms with Gasteiger partial charge in [-0.25, -0.2) is 4.57 Å². The van der Waals surface area contributed by atoms with Crippen molar-refractivity contribution in [3.63, 3.8) is 0 Å². The second-order valence-corrected chi connectivity index (χ2v) is 10.0. The number of unbranched alkanes of at least 4 members (excludes halogenated alkanes) is 9. The van der Waals surface area contributed by atoms with Gasteiger partial charge in [-0.2, -0.15) is 57.1 Å². The number of phosphoric ester groups is 1. The number of phosphoric acid groups is 1. The number of hydrogen-bond donors (Lipinski definition) is 1. The molecule has 38 heavy (non-hydrogen) atoms. The molecule has 0 amide bonds. The summed E-state index contributed by atoms with van der Waals surface area (Å²) in [6, 6.07) is 0. The van der Waals surface area contributed by atoms with Crippen molar-refractivity contribution in [2.24, 2.45) is 0 Å². The van der Waals surface area contributed by atoms with Gasteiger partial charge >= 0.3 is 43.6 Å². The van der Waals surface area contributed by atoms with Crippen LogP contribution in [-0.2, 0) is 13.6 Å². The van der Waals surface area contributed by atoms with Crippen LogP contribution in [0.3, 0.4) is 0 Å². The van der Waals surface area contributed by atoms with Crippen molar-refractivity contribution in [3.8, 4) is 0 Å². The molecule has 0 heterocycles. The molecule has 18 heteroatoms. The van der Waals surface area contributed by atoms with Gasteiger partial charge in [-0.05, 0) is 6.42 Å². The SMILES string of the molecule is CCCCCCCCCCCCOP(=O)(O)OCCC(F)(F)C(F)(F)C(F)(F)C(F)(F)C(F)(F)C(F)(F)F. The van der Waals surface area contributed by atoms with Gasteiger partial charge in [0.25, 0.3) is 0 Å². The molecular weight excluding hydrogens is 582 g/mol. The summed E-state index contributed by atoms with van der Waals surface area (Å²) in [6.45, 7) is -0.394. The Bertz CT molecular complexity index is 745. The number of hydrogen-bond acceptors (Lipinski definition) is 3. The van der Waals surface area contributed by atoms with Crippen LogP contribution in [0.25, 0.3) is 0 Å². The zero-order chi connectivity index (χ0) is 30.1. The summed E-state index contributed by atoms with van der Waals surface area (Å²) in [7, 11) is -5.21. The Morgan fingerprint density at radius 3 is 1.34 bits per heavy atom. The van der Waals surface area contributed by atoms with E-state index in [0.29, 0.717) is 6.42 Å². The summed E-state index contributed by atoms with van der Waals surface area (Å²) < 4.78 is 189. The van der Waals surface area contributed by atoms with Crippen LogP contribution in [0.4, 0.5) is 57.1 Å². The van der Waals surface area contributed by atoms with Crippen LogP contribution < -0.4 is 0 Å². The Balaban J connectivity index is 4.79. The summed E-state index contributed by atoms with van der Waals surface area (Å²) in [5, 5.41) is 0. The topological polar surface area (TPSA) is 55.8 Å². The Hall–Kier alpha value is -0.800. The predicted octanol–water partition coefficient (Wildman–Crippen LogP) is 9.17. The van der Waals surface area contributed by atoms with Gasteiger partial charge in [0.05, 0.1) is 13.2 Å². The largest absolute Gasteiger partial charge is 0.472 e. The molecule has 0 rings (SSSR count). The maximum absolute atomic E-state index is 13.6. The molecule has 0 aromatic heterocycles. The minimum atomic E-state index is -8.00. The number of halogens is 13. The third-order valence-corrected chi connectivity index (χ3v) is 6.44. The van der Waals surface area contributed by atoms with Gasteiger partial charge in [0, 0.05) is 6.42 Å². The van der Waals surface area contributed by atoms with Crippen LogP contribution in [0.1, 0.15) is 77.6 Å². The van der Waals surface area contributed by atoms with Crippen LogP contribution >= 0.6 is 7.82 Å². The monoisotopic (exact) mass is 612 g/mol. The fourth-order valence-electron chi connectivity index (χ4n) is 3.05. The normalized spacial score (nSPS) is 16.1. The van der Waals surface area contributed by atoms with E-state index in [9.17, 15) is 66.5 Å². The molecule has 0 aromatic rings. The highest BCUT2D eigenvalue weighted by molar-refractivity contribution is 7.47. The first-order valence-electron chi connectivity index (χ1n) is 11.6. The van der Waals surface area contributed by atoms with E-state index < -0.39 is 63.2 Å². The fourth-order valence-corrected chi connectivity index (χ4v) is 3.81. The smallest absolute Gasteiger partial charge is 0.302 e. The molecule has 1 unspecified atom stereocenters. The quantitative estimate of drug-likeness (QED) is 0.0847. The maximum atomic E-state index is 13.6. The van der Waals surface area contributed by atoms with E-state index in [1.54, 1.807) is 0 Å². The van der Waals surface area contributed by atoms with Gasteiger partial charge in [-0.1, -0.05) is 64.7 Å². The highest BCUT2D eigenvalue weighted by Crippen LogP contribution is 2.60. The van der Waals surface area contributed by atoms with Crippen molar-refractivity contribution < 1.29 is 75.6 Å². The van der Waals surface area contributed by atoms with Gasteiger partial charge in [-0.15, -0.1) is 0 Å². The second kappa shape index (κ2) is 14.2. The molecule has 0 radical (unpaired) electrons. The van der Waals surface area contributed by atoms with Crippen molar-refractivity contribution in [1.29, 1.82) is 0 Å². The Kier molecular flexibility index (Phi) is 13.9. The zero-order valence-corrected chi connectivity index (χ0v) is 21.1. The summed E-state index contributed by atoms with van der Waals surface area (Å²) in [4.78, 5) is 9.33. The molecule has 0 saturated carbocycles. The molecule has 0 saturated heterocycles. The standard InChI is InChI=1S/C20H30F13O4P/c1-2-3-4-5-6-7-8-9-10-11-13-36-38(34,35)37-14-12-15(21,22)16(23,24)17(25,26)18(27,28)19(29,30)20(31,32)33/h2-14H2,1H3,(H,34,35). The highest BCUT2D eigenvalue weighted by atomic mass is 31.2. The van der Waals surface area contributed by atoms with E-state index in [2.05, 4.69) is 16.0 Å². The van der Waals surface area contributed by atoms with Crippen LogP contribution in [0.2, 0.25) is 0 Å². The molecule has 0 aliphatic heterocycles. The summed E-state index contributed by atoms with van der Waals surface area (Å²) >= 11 is 0. The van der Waals surface area contributed by atoms with Crippen LogP contribution in [0, 0.1) is 0 Å². The molecule has 4 nitrogen and oxygen atoms in total.